The maximum Gasteiger partial charge on any atom is 0.0908 e. The van der Waals surface area contributed by atoms with Crippen molar-refractivity contribution >= 4 is 0 Å². The average Bonchev–Trinajstić information content (AvgIpc) is 3.09. The average molecular weight is 429 g/mol. The monoisotopic (exact) mass is 428 g/mol. The molecule has 174 valence electrons. The third-order valence-corrected chi connectivity index (χ3v) is 8.86. The van der Waals surface area contributed by atoms with Crippen LogP contribution in [0.1, 0.15) is 79.1 Å². The summed E-state index contributed by atoms with van der Waals surface area (Å²) in [6, 6.07) is 0. The maximum atomic E-state index is 10.3. The first-order valence-corrected chi connectivity index (χ1v) is 12.4. The van der Waals surface area contributed by atoms with E-state index in [-0.39, 0.29) is 18.6 Å². The Morgan fingerprint density at radius 1 is 1.16 bits per heavy atom. The summed E-state index contributed by atoms with van der Waals surface area (Å²) >= 11 is 0. The second-order valence-electron chi connectivity index (χ2n) is 11.1. The van der Waals surface area contributed by atoms with Gasteiger partial charge in [-0.1, -0.05) is 62.8 Å². The number of rotatable bonds is 6. The van der Waals surface area contributed by atoms with Crippen LogP contribution in [0, 0.1) is 29.1 Å². The summed E-state index contributed by atoms with van der Waals surface area (Å²) in [5.74, 6) is 1.66. The number of aliphatic hydroxyl groups is 3. The fraction of sp³-hybridized carbons (Fsp3) is 0.714. The third kappa shape index (κ3) is 5.26. The molecule has 7 atom stereocenters. The van der Waals surface area contributed by atoms with E-state index in [4.69, 9.17) is 0 Å². The molecular weight excluding hydrogens is 384 g/mol. The van der Waals surface area contributed by atoms with Crippen molar-refractivity contribution in [1.29, 1.82) is 0 Å². The normalized spacial score (nSPS) is 38.4. The Hall–Kier alpha value is -1.16. The summed E-state index contributed by atoms with van der Waals surface area (Å²) in [4.78, 5) is 0. The van der Waals surface area contributed by atoms with Gasteiger partial charge < -0.3 is 15.3 Å². The van der Waals surface area contributed by atoms with Crippen molar-refractivity contribution in [2.24, 2.45) is 29.1 Å². The van der Waals surface area contributed by atoms with Gasteiger partial charge in [-0.3, -0.25) is 0 Å². The zero-order valence-electron chi connectivity index (χ0n) is 20.1. The van der Waals surface area contributed by atoms with Gasteiger partial charge in [0.15, 0.2) is 0 Å². The van der Waals surface area contributed by atoms with E-state index in [9.17, 15) is 15.3 Å². The van der Waals surface area contributed by atoms with Gasteiger partial charge in [0, 0.05) is 5.92 Å². The molecule has 0 heterocycles. The lowest BCUT2D eigenvalue weighted by Gasteiger charge is -2.44. The molecule has 0 radical (unpaired) electrons. The summed E-state index contributed by atoms with van der Waals surface area (Å²) in [6.07, 6.45) is 17.5. The highest BCUT2D eigenvalue weighted by atomic mass is 16.3. The molecule has 0 aliphatic heterocycles. The smallest absolute Gasteiger partial charge is 0.0908 e. The van der Waals surface area contributed by atoms with Gasteiger partial charge in [-0.05, 0) is 87.0 Å². The van der Waals surface area contributed by atoms with Crippen molar-refractivity contribution in [2.45, 2.75) is 90.8 Å². The van der Waals surface area contributed by atoms with E-state index in [0.29, 0.717) is 23.2 Å². The predicted molar refractivity (Wildman–Crippen MR) is 129 cm³/mol. The number of fused-ring (bicyclic) bond motifs is 1. The first kappa shape index (κ1) is 24.5. The first-order chi connectivity index (χ1) is 14.6. The van der Waals surface area contributed by atoms with Crippen LogP contribution in [-0.4, -0.2) is 33.6 Å². The van der Waals surface area contributed by atoms with Crippen molar-refractivity contribution in [3.63, 3.8) is 0 Å². The maximum absolute atomic E-state index is 10.3. The molecule has 7 unspecified atom stereocenters. The molecule has 3 aliphatic rings. The van der Waals surface area contributed by atoms with Crippen LogP contribution in [-0.2, 0) is 0 Å². The van der Waals surface area contributed by atoms with Crippen molar-refractivity contribution in [3.05, 3.63) is 47.6 Å². The molecule has 31 heavy (non-hydrogen) atoms. The van der Waals surface area contributed by atoms with E-state index in [0.717, 1.165) is 19.3 Å². The molecule has 0 aromatic rings. The van der Waals surface area contributed by atoms with Gasteiger partial charge in [0.1, 0.15) is 0 Å². The quantitative estimate of drug-likeness (QED) is 0.474. The van der Waals surface area contributed by atoms with Crippen LogP contribution in [0.5, 0.6) is 0 Å². The Labute approximate surface area is 189 Å². The SMILES string of the molecule is C=C1CCC(O)CC1=CC=C1CCCC2(C)C1CCC2C(C)C=CC(C)C(C)(O)CO. The fourth-order valence-electron chi connectivity index (χ4n) is 6.37. The van der Waals surface area contributed by atoms with E-state index < -0.39 is 5.60 Å². The Morgan fingerprint density at radius 2 is 1.90 bits per heavy atom. The molecule has 0 saturated heterocycles. The van der Waals surface area contributed by atoms with Crippen LogP contribution in [0.15, 0.2) is 47.6 Å². The van der Waals surface area contributed by atoms with E-state index >= 15 is 0 Å². The molecule has 3 rings (SSSR count). The third-order valence-electron chi connectivity index (χ3n) is 8.86. The van der Waals surface area contributed by atoms with E-state index in [1.54, 1.807) is 12.5 Å². The van der Waals surface area contributed by atoms with Gasteiger partial charge in [0.2, 0.25) is 0 Å². The van der Waals surface area contributed by atoms with E-state index in [2.05, 4.69) is 44.7 Å². The Balaban J connectivity index is 1.74. The lowest BCUT2D eigenvalue weighted by molar-refractivity contribution is -0.0266. The first-order valence-electron chi connectivity index (χ1n) is 12.4. The molecule has 0 spiro atoms. The lowest BCUT2D eigenvalue weighted by Crippen LogP contribution is -2.36. The van der Waals surface area contributed by atoms with Gasteiger partial charge in [-0.2, -0.15) is 0 Å². The highest BCUT2D eigenvalue weighted by molar-refractivity contribution is 5.36. The summed E-state index contributed by atoms with van der Waals surface area (Å²) in [5.41, 5.74) is 3.26. The van der Waals surface area contributed by atoms with Crippen molar-refractivity contribution in [3.8, 4) is 0 Å². The highest BCUT2D eigenvalue weighted by Gasteiger charge is 2.50. The number of hydrogen-bond donors (Lipinski definition) is 3. The molecule has 3 saturated carbocycles. The molecule has 0 aromatic carbocycles. The van der Waals surface area contributed by atoms with Crippen molar-refractivity contribution in [1.82, 2.24) is 0 Å². The van der Waals surface area contributed by atoms with Gasteiger partial charge in [0.25, 0.3) is 0 Å². The highest BCUT2D eigenvalue weighted by Crippen LogP contribution is 2.59. The second-order valence-corrected chi connectivity index (χ2v) is 11.1. The summed E-state index contributed by atoms with van der Waals surface area (Å²) in [6.45, 7) is 12.5. The summed E-state index contributed by atoms with van der Waals surface area (Å²) in [7, 11) is 0. The molecular formula is C28H44O3. The minimum Gasteiger partial charge on any atom is -0.393 e. The Morgan fingerprint density at radius 3 is 2.61 bits per heavy atom. The van der Waals surface area contributed by atoms with Gasteiger partial charge >= 0.3 is 0 Å². The largest absolute Gasteiger partial charge is 0.393 e. The lowest BCUT2D eigenvalue weighted by atomic mass is 9.61. The molecule has 3 N–H and O–H groups in total. The molecule has 3 fully saturated rings. The van der Waals surface area contributed by atoms with Crippen LogP contribution in [0.4, 0.5) is 0 Å². The zero-order chi connectivity index (χ0) is 22.8. The van der Waals surface area contributed by atoms with Crippen LogP contribution in [0.3, 0.4) is 0 Å². The number of aliphatic hydroxyl groups excluding tert-OH is 2. The minimum atomic E-state index is -1.07. The van der Waals surface area contributed by atoms with E-state index in [1.165, 1.54) is 43.3 Å². The second kappa shape index (κ2) is 9.77. The van der Waals surface area contributed by atoms with Crippen LogP contribution in [0.2, 0.25) is 0 Å². The van der Waals surface area contributed by atoms with E-state index in [1.807, 2.05) is 6.92 Å². The Bertz CT molecular complexity index is 743. The van der Waals surface area contributed by atoms with Gasteiger partial charge in [0.05, 0.1) is 18.3 Å². The molecule has 0 aromatic heterocycles. The molecule has 3 aliphatic carbocycles. The van der Waals surface area contributed by atoms with Crippen molar-refractivity contribution in [2.75, 3.05) is 6.61 Å². The number of allylic oxidation sites excluding steroid dienone is 5. The minimum absolute atomic E-state index is 0.0719. The van der Waals surface area contributed by atoms with Gasteiger partial charge in [-0.15, -0.1) is 0 Å². The molecule has 3 nitrogen and oxygen atoms in total. The predicted octanol–water partition coefficient (Wildman–Crippen LogP) is 5.73. The van der Waals surface area contributed by atoms with Gasteiger partial charge in [-0.25, -0.2) is 0 Å². The topological polar surface area (TPSA) is 60.7 Å². The Kier molecular flexibility index (Phi) is 7.71. The zero-order valence-corrected chi connectivity index (χ0v) is 20.1. The number of hydrogen-bond acceptors (Lipinski definition) is 3. The van der Waals surface area contributed by atoms with Crippen molar-refractivity contribution < 1.29 is 15.3 Å². The standard InChI is InChI=1S/C28H44O3/c1-19-9-13-24(30)17-23(19)12-11-22-7-6-16-27(4)25(14-15-26(22)27)20(2)8-10-21(3)28(5,31)18-29/h8,10-12,20-21,24-26,29-31H,1,6-7,9,13-18H2,2-5H3. The summed E-state index contributed by atoms with van der Waals surface area (Å²) in [5, 5.41) is 29.8. The molecule has 0 bridgehead atoms. The summed E-state index contributed by atoms with van der Waals surface area (Å²) < 4.78 is 0. The van der Waals surface area contributed by atoms with Crippen LogP contribution in [0.25, 0.3) is 0 Å². The van der Waals surface area contributed by atoms with Crippen LogP contribution < -0.4 is 0 Å². The molecule has 3 heteroatoms. The van der Waals surface area contributed by atoms with Crippen LogP contribution >= 0.6 is 0 Å². The fourth-order valence-corrected chi connectivity index (χ4v) is 6.37. The molecule has 0 amide bonds.